The number of thiol groups is 1. The van der Waals surface area contributed by atoms with Crippen molar-refractivity contribution in [2.75, 3.05) is 0 Å². The molecule has 0 radical (unpaired) electrons. The normalized spacial score (nSPS) is 15.9. The van der Waals surface area contributed by atoms with Gasteiger partial charge in [0.2, 0.25) is 0 Å². The summed E-state index contributed by atoms with van der Waals surface area (Å²) in [6.07, 6.45) is 6.12. The lowest BCUT2D eigenvalue weighted by molar-refractivity contribution is -0.136. The Bertz CT molecular complexity index is 454. The van der Waals surface area contributed by atoms with Crippen LogP contribution in [-0.2, 0) is 11.2 Å². The molecular formula is C15H21ClO2S. The Morgan fingerprint density at radius 1 is 1.32 bits per heavy atom. The monoisotopic (exact) mass is 300 g/mol. The first kappa shape index (κ1) is 16.4. The molecule has 0 unspecified atom stereocenters. The fraction of sp³-hybridized carbons (Fsp3) is 0.533. The van der Waals surface area contributed by atoms with Gasteiger partial charge in [-0.2, -0.15) is 0 Å². The van der Waals surface area contributed by atoms with Crippen LogP contribution in [-0.4, -0.2) is 11.1 Å². The van der Waals surface area contributed by atoms with Gasteiger partial charge in [0.15, 0.2) is 0 Å². The third kappa shape index (κ3) is 3.90. The molecular weight excluding hydrogens is 280 g/mol. The molecule has 19 heavy (non-hydrogen) atoms. The van der Waals surface area contributed by atoms with Gasteiger partial charge in [0, 0.05) is 4.90 Å². The number of hydrogen-bond acceptors (Lipinski definition) is 2. The lowest BCUT2D eigenvalue weighted by Crippen LogP contribution is -2.07. The van der Waals surface area contributed by atoms with E-state index in [-0.39, 0.29) is 13.8 Å². The summed E-state index contributed by atoms with van der Waals surface area (Å²) in [4.78, 5) is 11.4. The van der Waals surface area contributed by atoms with Gasteiger partial charge >= 0.3 is 5.97 Å². The fourth-order valence-electron chi connectivity index (χ4n) is 2.65. The molecule has 0 spiro atoms. The number of carboxylic acid groups (broad SMARTS) is 1. The smallest absolute Gasteiger partial charge is 0.307 e. The average Bonchev–Trinajstić information content (AvgIpc) is 2.36. The summed E-state index contributed by atoms with van der Waals surface area (Å²) in [5.41, 5.74) is 1.82. The predicted octanol–water partition coefficient (Wildman–Crippen LogP) is 4.94. The second kappa shape index (κ2) is 7.20. The number of halogens is 1. The van der Waals surface area contributed by atoms with Gasteiger partial charge in [0.1, 0.15) is 0 Å². The molecule has 0 heterocycles. The number of aliphatic carboxylic acids is 1. The van der Waals surface area contributed by atoms with Crippen LogP contribution in [0.5, 0.6) is 0 Å². The first-order chi connectivity index (χ1) is 8.59. The molecule has 2 rings (SSSR count). The first-order valence-electron chi connectivity index (χ1n) is 6.31. The highest BCUT2D eigenvalue weighted by Gasteiger charge is 2.20. The summed E-state index contributed by atoms with van der Waals surface area (Å²) in [5, 5.41) is 9.47. The van der Waals surface area contributed by atoms with Crippen LogP contribution in [0, 0.1) is 0 Å². The molecule has 1 aliphatic carbocycles. The van der Waals surface area contributed by atoms with E-state index in [1.165, 1.54) is 32.1 Å². The lowest BCUT2D eigenvalue weighted by atomic mass is 9.83. The van der Waals surface area contributed by atoms with Gasteiger partial charge in [-0.15, -0.1) is 12.6 Å². The van der Waals surface area contributed by atoms with E-state index in [0.717, 1.165) is 5.56 Å². The van der Waals surface area contributed by atoms with Crippen molar-refractivity contribution in [2.24, 2.45) is 0 Å². The minimum Gasteiger partial charge on any atom is -0.481 e. The molecule has 4 heteroatoms. The highest BCUT2D eigenvalue weighted by molar-refractivity contribution is 7.80. The minimum absolute atomic E-state index is 0. The van der Waals surface area contributed by atoms with Gasteiger partial charge in [0.05, 0.1) is 11.4 Å². The zero-order chi connectivity index (χ0) is 13.1. The zero-order valence-electron chi connectivity index (χ0n) is 10.2. The summed E-state index contributed by atoms with van der Waals surface area (Å²) >= 11 is 10.7. The summed E-state index contributed by atoms with van der Waals surface area (Å²) < 4.78 is 0. The van der Waals surface area contributed by atoms with E-state index >= 15 is 0 Å². The van der Waals surface area contributed by atoms with Crippen molar-refractivity contribution < 1.29 is 9.90 Å². The molecule has 2 nitrogen and oxygen atoms in total. The van der Waals surface area contributed by atoms with Gasteiger partial charge < -0.3 is 5.11 Å². The Hall–Kier alpha value is -0.670. The number of benzene rings is 1. The van der Waals surface area contributed by atoms with Crippen LogP contribution in [0.3, 0.4) is 0 Å². The van der Waals surface area contributed by atoms with Crippen LogP contribution in [0.15, 0.2) is 17.0 Å². The molecule has 0 amide bonds. The van der Waals surface area contributed by atoms with Gasteiger partial charge in [-0.1, -0.05) is 50.4 Å². The third-order valence-corrected chi connectivity index (χ3v) is 4.67. The first-order valence-corrected chi connectivity index (χ1v) is 7.14. The number of carboxylic acids is 1. The standard InChI is InChI=1S/C14H17ClO2S.CH4/c15-13-11(9-4-2-1-3-5-9)7-6-10(14(13)18)8-12(16)17;/h6-7,9,18H,1-5,8H2,(H,16,17);1H4. The van der Waals surface area contributed by atoms with Crippen LogP contribution in [0.25, 0.3) is 0 Å². The zero-order valence-corrected chi connectivity index (χ0v) is 11.8. The Kier molecular flexibility index (Phi) is 6.21. The quantitative estimate of drug-likeness (QED) is 0.776. The number of carbonyl (C=O) groups is 1. The van der Waals surface area contributed by atoms with Crippen molar-refractivity contribution >= 4 is 30.2 Å². The van der Waals surface area contributed by atoms with Crippen molar-refractivity contribution in [1.29, 1.82) is 0 Å². The topological polar surface area (TPSA) is 37.3 Å². The maximum atomic E-state index is 10.7. The van der Waals surface area contributed by atoms with Crippen LogP contribution in [0.1, 0.15) is 56.6 Å². The van der Waals surface area contributed by atoms with Crippen LogP contribution < -0.4 is 0 Å². The Morgan fingerprint density at radius 3 is 2.53 bits per heavy atom. The number of hydrogen-bond donors (Lipinski definition) is 2. The molecule has 1 aromatic carbocycles. The van der Waals surface area contributed by atoms with E-state index in [4.69, 9.17) is 16.7 Å². The average molecular weight is 301 g/mol. The lowest BCUT2D eigenvalue weighted by Gasteiger charge is -2.24. The summed E-state index contributed by atoms with van der Waals surface area (Å²) in [6, 6.07) is 3.84. The van der Waals surface area contributed by atoms with E-state index in [1.54, 1.807) is 0 Å². The van der Waals surface area contributed by atoms with E-state index in [0.29, 0.717) is 21.4 Å². The predicted molar refractivity (Wildman–Crippen MR) is 82.6 cm³/mol. The molecule has 0 aromatic heterocycles. The second-order valence-electron chi connectivity index (χ2n) is 4.88. The van der Waals surface area contributed by atoms with Crippen LogP contribution in [0.4, 0.5) is 0 Å². The molecule has 0 saturated heterocycles. The molecule has 0 bridgehead atoms. The highest BCUT2D eigenvalue weighted by atomic mass is 35.5. The van der Waals surface area contributed by atoms with Crippen LogP contribution >= 0.6 is 24.2 Å². The van der Waals surface area contributed by atoms with Crippen molar-refractivity contribution in [3.8, 4) is 0 Å². The molecule has 106 valence electrons. The maximum absolute atomic E-state index is 10.7. The second-order valence-corrected chi connectivity index (χ2v) is 5.71. The Morgan fingerprint density at radius 2 is 1.95 bits per heavy atom. The molecule has 1 N–H and O–H groups in total. The molecule has 1 aromatic rings. The summed E-state index contributed by atoms with van der Waals surface area (Å²) in [7, 11) is 0. The minimum atomic E-state index is -0.855. The van der Waals surface area contributed by atoms with Crippen molar-refractivity contribution in [1.82, 2.24) is 0 Å². The van der Waals surface area contributed by atoms with Gasteiger partial charge in [-0.25, -0.2) is 0 Å². The van der Waals surface area contributed by atoms with Crippen molar-refractivity contribution in [3.63, 3.8) is 0 Å². The van der Waals surface area contributed by atoms with E-state index in [1.807, 2.05) is 12.1 Å². The SMILES string of the molecule is C.O=C(O)Cc1ccc(C2CCCCC2)c(Cl)c1S. The van der Waals surface area contributed by atoms with E-state index in [2.05, 4.69) is 12.6 Å². The van der Waals surface area contributed by atoms with Gasteiger partial charge in [-0.05, 0) is 29.9 Å². The summed E-state index contributed by atoms with van der Waals surface area (Å²) in [6.45, 7) is 0. The fourth-order valence-corrected chi connectivity index (χ4v) is 3.28. The Labute approximate surface area is 125 Å². The van der Waals surface area contributed by atoms with E-state index < -0.39 is 5.97 Å². The third-order valence-electron chi connectivity index (χ3n) is 3.62. The molecule has 1 fully saturated rings. The summed E-state index contributed by atoms with van der Waals surface area (Å²) in [5.74, 6) is -0.345. The van der Waals surface area contributed by atoms with Crippen molar-refractivity contribution in [2.45, 2.75) is 56.8 Å². The number of rotatable bonds is 3. The van der Waals surface area contributed by atoms with Crippen molar-refractivity contribution in [3.05, 3.63) is 28.3 Å². The molecule has 0 atom stereocenters. The molecule has 1 aliphatic rings. The highest BCUT2D eigenvalue weighted by Crippen LogP contribution is 2.39. The molecule has 1 saturated carbocycles. The largest absolute Gasteiger partial charge is 0.481 e. The maximum Gasteiger partial charge on any atom is 0.307 e. The molecule has 0 aliphatic heterocycles. The van der Waals surface area contributed by atoms with Gasteiger partial charge in [0.25, 0.3) is 0 Å². The van der Waals surface area contributed by atoms with Gasteiger partial charge in [-0.3, -0.25) is 4.79 Å². The Balaban J connectivity index is 0.00000180. The van der Waals surface area contributed by atoms with Crippen LogP contribution in [0.2, 0.25) is 5.02 Å². The van der Waals surface area contributed by atoms with E-state index in [9.17, 15) is 4.79 Å².